The van der Waals surface area contributed by atoms with Crippen LogP contribution in [0.2, 0.25) is 0 Å². The van der Waals surface area contributed by atoms with E-state index in [0.717, 1.165) is 7.11 Å². The van der Waals surface area contributed by atoms with Gasteiger partial charge in [0.15, 0.2) is 0 Å². The molecule has 0 bridgehead atoms. The van der Waals surface area contributed by atoms with E-state index in [2.05, 4.69) is 56.4 Å². The first kappa shape index (κ1) is 46.4. The van der Waals surface area contributed by atoms with Crippen LogP contribution in [0, 0.1) is 0 Å². The molecular weight excluding hydrogens is 578 g/mol. The van der Waals surface area contributed by atoms with Crippen molar-refractivity contribution in [2.75, 3.05) is 34.3 Å². The highest BCUT2D eigenvalue weighted by atomic mass is 32.3. The maximum atomic E-state index is 9.22. The molecule has 0 spiro atoms. The summed E-state index contributed by atoms with van der Waals surface area (Å²) in [5, 5.41) is 0. The first-order chi connectivity index (χ1) is 21.7. The second kappa shape index (κ2) is 36.2. The summed E-state index contributed by atoms with van der Waals surface area (Å²) in [6.45, 7) is 7.33. The lowest BCUT2D eigenvalue weighted by atomic mass is 10.1. The fourth-order valence-corrected chi connectivity index (χ4v) is 5.69. The average Bonchev–Trinajstić information content (AvgIpc) is 3.00. The zero-order valence-electron chi connectivity index (χ0n) is 31.0. The van der Waals surface area contributed by atoms with E-state index in [0.29, 0.717) is 0 Å². The van der Waals surface area contributed by atoms with E-state index in [1.807, 2.05) is 0 Å². The van der Waals surface area contributed by atoms with Crippen molar-refractivity contribution in [2.45, 2.75) is 194 Å². The van der Waals surface area contributed by atoms with Crippen molar-refractivity contribution >= 4 is 10.4 Å². The van der Waals surface area contributed by atoms with Gasteiger partial charge in [0.2, 0.25) is 10.4 Å². The van der Waals surface area contributed by atoms with E-state index < -0.39 is 10.4 Å². The van der Waals surface area contributed by atoms with E-state index in [9.17, 15) is 13.0 Å². The molecule has 0 aromatic rings. The smallest absolute Gasteiger partial charge is 0.217 e. The molecule has 0 radical (unpaired) electrons. The summed E-state index contributed by atoms with van der Waals surface area (Å²) < 4.78 is 32.2. The van der Waals surface area contributed by atoms with Crippen LogP contribution < -0.4 is 0 Å². The molecule has 0 heterocycles. The Hall–Kier alpha value is -0.690. The summed E-state index contributed by atoms with van der Waals surface area (Å²) in [6, 6.07) is 0. The molecule has 6 heteroatoms. The molecule has 0 fully saturated rings. The summed E-state index contributed by atoms with van der Waals surface area (Å²) in [5.41, 5.74) is 0. The molecule has 0 N–H and O–H groups in total. The van der Waals surface area contributed by atoms with Gasteiger partial charge in [0.25, 0.3) is 0 Å². The van der Waals surface area contributed by atoms with Gasteiger partial charge in [-0.15, -0.1) is 0 Å². The lowest BCUT2D eigenvalue weighted by Crippen LogP contribution is -2.41. The van der Waals surface area contributed by atoms with Crippen LogP contribution in [0.25, 0.3) is 0 Å². The monoisotopic (exact) mass is 658 g/mol. The highest BCUT2D eigenvalue weighted by Gasteiger charge is 2.13. The third-order valence-corrected chi connectivity index (χ3v) is 9.16. The minimum absolute atomic E-state index is 0.808. The molecule has 270 valence electrons. The average molecular weight is 658 g/mol. The van der Waals surface area contributed by atoms with E-state index in [1.165, 1.54) is 197 Å². The largest absolute Gasteiger partial charge is 0.726 e. The molecule has 0 aromatic heterocycles. The van der Waals surface area contributed by atoms with Crippen molar-refractivity contribution in [2.24, 2.45) is 0 Å². The molecular formula is C39H79NO4S. The Kier molecular flexibility index (Phi) is 37.3. The molecule has 5 nitrogen and oxygen atoms in total. The Morgan fingerprint density at radius 3 is 0.933 bits per heavy atom. The lowest BCUT2D eigenvalue weighted by molar-refractivity contribution is -0.890. The number of quaternary nitrogens is 1. The van der Waals surface area contributed by atoms with E-state index in [4.69, 9.17) is 0 Å². The van der Waals surface area contributed by atoms with Crippen molar-refractivity contribution in [3.8, 4) is 0 Å². The zero-order chi connectivity index (χ0) is 33.7. The Morgan fingerprint density at radius 1 is 0.467 bits per heavy atom. The quantitative estimate of drug-likeness (QED) is 0.0231. The number of allylic oxidation sites excluding steroid dienone is 4. The van der Waals surface area contributed by atoms with Crippen LogP contribution in [0.4, 0.5) is 0 Å². The lowest BCUT2D eigenvalue weighted by Gasteiger charge is -2.30. The summed E-state index contributed by atoms with van der Waals surface area (Å²) in [4.78, 5) is 0. The SMILES string of the molecule is CCCCCCCC/C=C\CCCCCCCC[N+](C)(C)CCCCCCCC/C=C\CCCCCCCC.COS(=O)(=O)[O-]. The summed E-state index contributed by atoms with van der Waals surface area (Å²) >= 11 is 0. The number of nitrogens with zero attached hydrogens (tertiary/aromatic N) is 1. The molecule has 0 amide bonds. The molecule has 0 rings (SSSR count). The summed E-state index contributed by atoms with van der Waals surface area (Å²) in [6.07, 6.45) is 49.0. The minimum Gasteiger partial charge on any atom is -0.726 e. The second-order valence-corrected chi connectivity index (χ2v) is 15.0. The van der Waals surface area contributed by atoms with Gasteiger partial charge in [-0.3, -0.25) is 4.18 Å². The molecule has 0 aromatic carbocycles. The van der Waals surface area contributed by atoms with Crippen LogP contribution in [0.1, 0.15) is 194 Å². The predicted octanol–water partition coefficient (Wildman–Crippen LogP) is 12.2. The van der Waals surface area contributed by atoms with Crippen molar-refractivity contribution in [1.82, 2.24) is 0 Å². The van der Waals surface area contributed by atoms with Crippen molar-refractivity contribution < 1.29 is 21.6 Å². The van der Waals surface area contributed by atoms with Crippen LogP contribution >= 0.6 is 0 Å². The highest BCUT2D eigenvalue weighted by Crippen LogP contribution is 2.14. The van der Waals surface area contributed by atoms with Gasteiger partial charge < -0.3 is 9.04 Å². The molecule has 0 aliphatic carbocycles. The third kappa shape index (κ3) is 45.5. The van der Waals surface area contributed by atoms with E-state index in [-0.39, 0.29) is 0 Å². The van der Waals surface area contributed by atoms with Crippen LogP contribution in [0.15, 0.2) is 24.3 Å². The van der Waals surface area contributed by atoms with Gasteiger partial charge in [-0.2, -0.15) is 0 Å². The number of unbranched alkanes of at least 4 members (excludes halogenated alkanes) is 24. The summed E-state index contributed by atoms with van der Waals surface area (Å²) in [5.74, 6) is 0. The van der Waals surface area contributed by atoms with Crippen molar-refractivity contribution in [1.29, 1.82) is 0 Å². The molecule has 0 saturated heterocycles. The van der Waals surface area contributed by atoms with Gasteiger partial charge in [-0.1, -0.05) is 141 Å². The minimum atomic E-state index is -4.41. The molecule has 0 atom stereocenters. The Balaban J connectivity index is 0. The number of rotatable bonds is 33. The Labute approximate surface area is 283 Å². The van der Waals surface area contributed by atoms with Crippen LogP contribution in [0.5, 0.6) is 0 Å². The van der Waals surface area contributed by atoms with Gasteiger partial charge in [-0.25, -0.2) is 8.42 Å². The topological polar surface area (TPSA) is 66.4 Å². The molecule has 45 heavy (non-hydrogen) atoms. The van der Waals surface area contributed by atoms with Crippen molar-refractivity contribution in [3.63, 3.8) is 0 Å². The first-order valence-electron chi connectivity index (χ1n) is 19.3. The molecule has 0 aliphatic rings. The Bertz CT molecular complexity index is 689. The maximum absolute atomic E-state index is 9.22. The fraction of sp³-hybridized carbons (Fsp3) is 0.897. The van der Waals surface area contributed by atoms with Crippen molar-refractivity contribution in [3.05, 3.63) is 24.3 Å². The Morgan fingerprint density at radius 2 is 0.689 bits per heavy atom. The fourth-order valence-electron chi connectivity index (χ4n) is 5.69. The normalized spacial score (nSPS) is 12.3. The molecule has 0 unspecified atom stereocenters. The van der Waals surface area contributed by atoms with Gasteiger partial charge in [0.05, 0.1) is 34.3 Å². The van der Waals surface area contributed by atoms with Gasteiger partial charge >= 0.3 is 0 Å². The van der Waals surface area contributed by atoms with Gasteiger partial charge in [0.1, 0.15) is 0 Å². The zero-order valence-corrected chi connectivity index (χ0v) is 31.8. The van der Waals surface area contributed by atoms with Crippen LogP contribution in [0.3, 0.4) is 0 Å². The van der Waals surface area contributed by atoms with E-state index >= 15 is 0 Å². The van der Waals surface area contributed by atoms with E-state index in [1.54, 1.807) is 0 Å². The summed E-state index contributed by atoms with van der Waals surface area (Å²) in [7, 11) is 1.30. The number of hydrogen-bond donors (Lipinski definition) is 0. The molecule has 0 aliphatic heterocycles. The maximum Gasteiger partial charge on any atom is 0.217 e. The second-order valence-electron chi connectivity index (χ2n) is 13.8. The first-order valence-corrected chi connectivity index (χ1v) is 20.6. The van der Waals surface area contributed by atoms with Crippen LogP contribution in [-0.2, 0) is 14.6 Å². The van der Waals surface area contributed by atoms with Crippen LogP contribution in [-0.4, -0.2) is 51.7 Å². The van der Waals surface area contributed by atoms with Gasteiger partial charge in [-0.05, 0) is 77.0 Å². The standard InChI is InChI=1S/C38H76N.CH4O4S/c1-5-7-9-11-13-15-17-19-21-23-25-27-29-31-33-35-37-39(3,4)38-36-34-32-30-28-26-24-22-20-18-16-14-12-10-8-6-2;1-5-6(2,3)4/h19-22H,5-18,23-38H2,1-4H3;1H3,(H,2,3,4)/q+1;/p-1/b21-19-,22-20-;. The predicted molar refractivity (Wildman–Crippen MR) is 197 cm³/mol. The highest BCUT2D eigenvalue weighted by molar-refractivity contribution is 7.80. The molecule has 0 saturated carbocycles. The number of hydrogen-bond acceptors (Lipinski definition) is 4. The van der Waals surface area contributed by atoms with Gasteiger partial charge in [0, 0.05) is 0 Å². The third-order valence-electron chi connectivity index (χ3n) is 8.75.